The molecule has 0 amide bonds. The van der Waals surface area contributed by atoms with Gasteiger partial charge in [0.15, 0.2) is 0 Å². The van der Waals surface area contributed by atoms with Crippen LogP contribution in [0.4, 0.5) is 4.39 Å². The predicted octanol–water partition coefficient (Wildman–Crippen LogP) is 1.74. The van der Waals surface area contributed by atoms with Crippen LogP contribution < -0.4 is 0 Å². The third kappa shape index (κ3) is 1.70. The molecule has 1 aliphatic heterocycles. The molecule has 70 valence electrons. The Morgan fingerprint density at radius 2 is 1.92 bits per heavy atom. The molecule has 0 radical (unpaired) electrons. The summed E-state index contributed by atoms with van der Waals surface area (Å²) in [6.07, 6.45) is 0. The highest BCUT2D eigenvalue weighted by molar-refractivity contribution is 5.18. The lowest BCUT2D eigenvalue weighted by molar-refractivity contribution is -0.516. The molecule has 0 spiro atoms. The van der Waals surface area contributed by atoms with Crippen molar-refractivity contribution >= 4 is 0 Å². The van der Waals surface area contributed by atoms with Gasteiger partial charge >= 0.3 is 6.04 Å². The Bertz CT molecular complexity index is 269. The van der Waals surface area contributed by atoms with Crippen LogP contribution in [0.2, 0.25) is 0 Å². The smallest absolute Gasteiger partial charge is 0.316 e. The molecule has 0 bridgehead atoms. The van der Waals surface area contributed by atoms with E-state index in [1.54, 1.807) is 30.3 Å². The van der Waals surface area contributed by atoms with Crippen molar-refractivity contribution in [2.45, 2.75) is 6.04 Å². The Labute approximate surface area is 75.0 Å². The molecule has 0 N–H and O–H groups in total. The second kappa shape index (κ2) is 3.41. The van der Waals surface area contributed by atoms with Gasteiger partial charge in [-0.25, -0.2) is 4.89 Å². The molecular formula is C9H9FO3. The van der Waals surface area contributed by atoms with Crippen molar-refractivity contribution in [3.05, 3.63) is 35.9 Å². The zero-order valence-electron chi connectivity index (χ0n) is 6.90. The summed E-state index contributed by atoms with van der Waals surface area (Å²) in [5.41, 5.74) is 0.301. The normalized spacial score (nSPS) is 28.7. The highest BCUT2D eigenvalue weighted by Gasteiger charge is 2.38. The molecule has 1 aliphatic rings. The van der Waals surface area contributed by atoms with E-state index in [-0.39, 0.29) is 13.2 Å². The molecule has 2 rings (SSSR count). The maximum Gasteiger partial charge on any atom is 0.375 e. The lowest BCUT2D eigenvalue weighted by Crippen LogP contribution is -2.34. The first-order valence-electron chi connectivity index (χ1n) is 4.00. The Morgan fingerprint density at radius 3 is 2.54 bits per heavy atom. The highest BCUT2D eigenvalue weighted by Crippen LogP contribution is 2.31. The summed E-state index contributed by atoms with van der Waals surface area (Å²) in [5.74, 6) is 0. The molecule has 1 saturated heterocycles. The summed E-state index contributed by atoms with van der Waals surface area (Å²) in [6.45, 7) is 0.434. The number of alkyl halides is 1. The molecule has 1 fully saturated rings. The largest absolute Gasteiger partial charge is 0.375 e. The fourth-order valence-corrected chi connectivity index (χ4v) is 1.12. The second-order valence-electron chi connectivity index (χ2n) is 2.66. The summed E-state index contributed by atoms with van der Waals surface area (Å²) in [7, 11) is 0. The lowest BCUT2D eigenvalue weighted by atomic mass is 10.2. The van der Waals surface area contributed by atoms with Gasteiger partial charge < -0.3 is 4.74 Å². The van der Waals surface area contributed by atoms with Gasteiger partial charge in [0.2, 0.25) is 0 Å². The molecule has 4 heteroatoms. The summed E-state index contributed by atoms with van der Waals surface area (Å²) in [6, 6.07) is 6.11. The van der Waals surface area contributed by atoms with Crippen molar-refractivity contribution < 1.29 is 18.9 Å². The fraction of sp³-hybridized carbons (Fsp3) is 0.333. The van der Waals surface area contributed by atoms with E-state index >= 15 is 0 Å². The van der Waals surface area contributed by atoms with Gasteiger partial charge in [-0.3, -0.25) is 0 Å². The molecule has 3 nitrogen and oxygen atoms in total. The molecule has 1 aromatic carbocycles. The van der Waals surface area contributed by atoms with Crippen LogP contribution in [0, 0.1) is 0 Å². The van der Waals surface area contributed by atoms with Crippen LogP contribution in [0.1, 0.15) is 5.56 Å². The first kappa shape index (κ1) is 8.62. The van der Waals surface area contributed by atoms with Crippen LogP contribution in [0.5, 0.6) is 0 Å². The van der Waals surface area contributed by atoms with Gasteiger partial charge in [0.1, 0.15) is 6.61 Å². The fourth-order valence-electron chi connectivity index (χ4n) is 1.12. The van der Waals surface area contributed by atoms with Crippen LogP contribution >= 0.6 is 0 Å². The first-order chi connectivity index (χ1) is 6.31. The maximum absolute atomic E-state index is 13.7. The van der Waals surface area contributed by atoms with E-state index in [9.17, 15) is 4.39 Å². The summed E-state index contributed by atoms with van der Waals surface area (Å²) < 4.78 is 18.6. The van der Waals surface area contributed by atoms with Crippen LogP contribution in [-0.4, -0.2) is 13.2 Å². The third-order valence-corrected chi connectivity index (χ3v) is 1.74. The Balaban J connectivity index is 2.23. The van der Waals surface area contributed by atoms with Crippen LogP contribution in [0.3, 0.4) is 0 Å². The van der Waals surface area contributed by atoms with Crippen molar-refractivity contribution in [1.82, 2.24) is 0 Å². The number of ether oxygens (including phenoxy) is 1. The van der Waals surface area contributed by atoms with E-state index in [1.165, 1.54) is 0 Å². The molecule has 1 unspecified atom stereocenters. The maximum atomic E-state index is 13.7. The Kier molecular flexibility index (Phi) is 2.26. The van der Waals surface area contributed by atoms with Gasteiger partial charge in [-0.15, -0.1) is 0 Å². The number of benzene rings is 1. The molecular weight excluding hydrogens is 175 g/mol. The second-order valence-corrected chi connectivity index (χ2v) is 2.66. The molecule has 1 aromatic rings. The number of rotatable bonds is 1. The van der Waals surface area contributed by atoms with Gasteiger partial charge in [0.05, 0.1) is 6.61 Å². The quantitative estimate of drug-likeness (QED) is 0.622. The van der Waals surface area contributed by atoms with Gasteiger partial charge in [-0.2, -0.15) is 9.28 Å². The van der Waals surface area contributed by atoms with E-state index in [1.807, 2.05) is 0 Å². The minimum Gasteiger partial charge on any atom is -0.316 e. The number of hydrogen-bond donors (Lipinski definition) is 0. The van der Waals surface area contributed by atoms with Crippen molar-refractivity contribution in [2.75, 3.05) is 13.2 Å². The zero-order valence-corrected chi connectivity index (χ0v) is 6.90. The minimum atomic E-state index is -2.25. The number of halogens is 1. The van der Waals surface area contributed by atoms with Gasteiger partial charge in [0.25, 0.3) is 0 Å². The van der Waals surface area contributed by atoms with Crippen molar-refractivity contribution in [3.8, 4) is 0 Å². The lowest BCUT2D eigenvalue weighted by Gasteiger charge is -2.27. The van der Waals surface area contributed by atoms with Crippen LogP contribution in [0.15, 0.2) is 30.3 Å². The Morgan fingerprint density at radius 1 is 1.15 bits per heavy atom. The first-order valence-corrected chi connectivity index (χ1v) is 4.00. The SMILES string of the molecule is FC1(c2ccccc2)OCCOO1. The van der Waals surface area contributed by atoms with Crippen LogP contribution in [-0.2, 0) is 20.6 Å². The molecule has 1 heterocycles. The minimum absolute atomic E-state index is 0.186. The van der Waals surface area contributed by atoms with Crippen molar-refractivity contribution in [1.29, 1.82) is 0 Å². The van der Waals surface area contributed by atoms with Gasteiger partial charge in [-0.1, -0.05) is 30.3 Å². The number of hydrogen-bond acceptors (Lipinski definition) is 3. The predicted molar refractivity (Wildman–Crippen MR) is 42.2 cm³/mol. The molecule has 0 saturated carbocycles. The van der Waals surface area contributed by atoms with E-state index < -0.39 is 6.04 Å². The molecule has 1 atom stereocenters. The van der Waals surface area contributed by atoms with Crippen molar-refractivity contribution in [3.63, 3.8) is 0 Å². The van der Waals surface area contributed by atoms with Crippen LogP contribution in [0.25, 0.3) is 0 Å². The Hall–Kier alpha value is -0.970. The topological polar surface area (TPSA) is 27.7 Å². The van der Waals surface area contributed by atoms with Gasteiger partial charge in [-0.05, 0) is 0 Å². The highest BCUT2D eigenvalue weighted by atomic mass is 19.2. The molecule has 13 heavy (non-hydrogen) atoms. The standard InChI is InChI=1S/C9H9FO3/c10-9(11-6-7-12-13-9)8-4-2-1-3-5-8/h1-5H,6-7H2. The average molecular weight is 184 g/mol. The van der Waals surface area contributed by atoms with E-state index in [2.05, 4.69) is 9.78 Å². The monoisotopic (exact) mass is 184 g/mol. The molecule has 0 aromatic heterocycles. The van der Waals surface area contributed by atoms with E-state index in [4.69, 9.17) is 4.74 Å². The summed E-state index contributed by atoms with van der Waals surface area (Å²) in [4.78, 5) is 9.00. The zero-order chi connectivity index (χ0) is 9.15. The summed E-state index contributed by atoms with van der Waals surface area (Å²) in [5, 5.41) is 0. The van der Waals surface area contributed by atoms with E-state index in [0.717, 1.165) is 0 Å². The van der Waals surface area contributed by atoms with Crippen molar-refractivity contribution in [2.24, 2.45) is 0 Å². The average Bonchev–Trinajstić information content (AvgIpc) is 2.20. The third-order valence-electron chi connectivity index (χ3n) is 1.74. The van der Waals surface area contributed by atoms with Gasteiger partial charge in [0, 0.05) is 5.56 Å². The molecule has 0 aliphatic carbocycles. The van der Waals surface area contributed by atoms with E-state index in [0.29, 0.717) is 5.56 Å². The summed E-state index contributed by atoms with van der Waals surface area (Å²) >= 11 is 0.